The summed E-state index contributed by atoms with van der Waals surface area (Å²) in [5, 5.41) is 8.21. The van der Waals surface area contributed by atoms with E-state index >= 15 is 0 Å². The van der Waals surface area contributed by atoms with Gasteiger partial charge in [0.05, 0.1) is 0 Å². The van der Waals surface area contributed by atoms with Crippen LogP contribution in [-0.2, 0) is 4.79 Å². The summed E-state index contributed by atoms with van der Waals surface area (Å²) < 4.78 is 34.6. The fraction of sp³-hybridized carbons (Fsp3) is 0.857. The molecule has 0 aliphatic rings. The van der Waals surface area contributed by atoms with Crippen molar-refractivity contribution in [1.29, 1.82) is 0 Å². The number of hydrogen-bond donors (Lipinski definition) is 2. The van der Waals surface area contributed by atoms with Crippen molar-refractivity contribution in [3.8, 4) is 0 Å². The van der Waals surface area contributed by atoms with E-state index in [4.69, 9.17) is 10.8 Å². The Morgan fingerprint density at radius 2 is 1.93 bits per heavy atom. The van der Waals surface area contributed by atoms with E-state index in [0.29, 0.717) is 0 Å². The molecule has 14 heavy (non-hydrogen) atoms. The topological polar surface area (TPSA) is 63.3 Å². The number of carboxylic acid groups (broad SMARTS) is 1. The molecule has 0 heterocycles. The van der Waals surface area contributed by atoms with E-state index in [1.54, 1.807) is 0 Å². The molecule has 0 fully saturated rings. The summed E-state index contributed by atoms with van der Waals surface area (Å²) in [4.78, 5) is 10.0. The number of nitrogens with two attached hydrogens (primary N) is 1. The minimum absolute atomic E-state index is 0.144. The minimum atomic E-state index is -4.22. The fourth-order valence-corrected chi connectivity index (χ4v) is 0.646. The number of hydrogen-bond acceptors (Lipinski definition) is 2. The highest BCUT2D eigenvalue weighted by Crippen LogP contribution is 2.22. The number of aliphatic carboxylic acids is 1. The summed E-state index contributed by atoms with van der Waals surface area (Å²) in [7, 11) is 0. The molecule has 0 aliphatic carbocycles. The van der Waals surface area contributed by atoms with Gasteiger partial charge in [0.2, 0.25) is 0 Å². The molecule has 3 nitrogen and oxygen atoms in total. The molecule has 0 unspecified atom stereocenters. The van der Waals surface area contributed by atoms with Crippen LogP contribution >= 0.6 is 11.6 Å². The lowest BCUT2D eigenvalue weighted by Crippen LogP contribution is -2.30. The summed E-state index contributed by atoms with van der Waals surface area (Å²) in [6, 6.07) is -1.19. The van der Waals surface area contributed by atoms with Crippen LogP contribution in [0.5, 0.6) is 0 Å². The van der Waals surface area contributed by atoms with Gasteiger partial charge in [-0.05, 0) is 12.8 Å². The van der Waals surface area contributed by atoms with Crippen LogP contribution in [0.1, 0.15) is 19.3 Å². The van der Waals surface area contributed by atoms with Crippen molar-refractivity contribution >= 4 is 17.6 Å². The van der Waals surface area contributed by atoms with E-state index in [0.717, 1.165) is 0 Å². The van der Waals surface area contributed by atoms with E-state index < -0.39 is 24.6 Å². The maximum Gasteiger partial charge on any atom is 0.389 e. The second-order valence-corrected chi connectivity index (χ2v) is 2.45. The molecule has 0 spiro atoms. The van der Waals surface area contributed by atoms with Gasteiger partial charge < -0.3 is 10.8 Å². The monoisotopic (exact) mass is 235 g/mol. The lowest BCUT2D eigenvalue weighted by molar-refractivity contribution is -0.142. The van der Waals surface area contributed by atoms with Crippen LogP contribution in [0, 0.1) is 0 Å². The Balaban J connectivity index is 0. The van der Waals surface area contributed by atoms with Gasteiger partial charge >= 0.3 is 12.1 Å². The maximum atomic E-state index is 11.5. The number of carboxylic acids is 1. The van der Waals surface area contributed by atoms with Crippen molar-refractivity contribution in [2.75, 3.05) is 6.38 Å². The average molecular weight is 236 g/mol. The van der Waals surface area contributed by atoms with Crippen molar-refractivity contribution < 1.29 is 23.1 Å². The highest BCUT2D eigenvalue weighted by atomic mass is 35.5. The van der Waals surface area contributed by atoms with Crippen molar-refractivity contribution in [1.82, 2.24) is 0 Å². The van der Waals surface area contributed by atoms with Gasteiger partial charge in [-0.3, -0.25) is 4.79 Å². The second kappa shape index (κ2) is 7.87. The molecule has 0 saturated carbocycles. The van der Waals surface area contributed by atoms with Crippen molar-refractivity contribution in [3.63, 3.8) is 0 Å². The molecule has 0 bridgehead atoms. The molecule has 0 radical (unpaired) electrons. The van der Waals surface area contributed by atoms with Gasteiger partial charge in [0, 0.05) is 12.8 Å². The van der Waals surface area contributed by atoms with Crippen LogP contribution in [0.4, 0.5) is 13.2 Å². The predicted octanol–water partition coefficient (Wildman–Crippen LogP) is 1.99. The van der Waals surface area contributed by atoms with Gasteiger partial charge in [0.25, 0.3) is 0 Å². The molecule has 86 valence electrons. The van der Waals surface area contributed by atoms with Gasteiger partial charge in [-0.2, -0.15) is 13.2 Å². The molecule has 0 aromatic carbocycles. The van der Waals surface area contributed by atoms with Crippen LogP contribution in [0.25, 0.3) is 0 Å². The lowest BCUT2D eigenvalue weighted by Gasteiger charge is -2.07. The molecule has 1 atom stereocenters. The zero-order valence-electron chi connectivity index (χ0n) is 7.64. The Hall–Kier alpha value is -0.490. The molecule has 0 aromatic rings. The molecule has 0 aliphatic heterocycles. The van der Waals surface area contributed by atoms with Crippen LogP contribution in [0.15, 0.2) is 0 Å². The smallest absolute Gasteiger partial charge is 0.389 e. The third-order valence-corrected chi connectivity index (χ3v) is 1.29. The molecule has 0 saturated heterocycles. The van der Waals surface area contributed by atoms with E-state index in [1.807, 2.05) is 0 Å². The number of alkyl halides is 4. The van der Waals surface area contributed by atoms with Gasteiger partial charge in [-0.25, -0.2) is 0 Å². The third-order valence-electron chi connectivity index (χ3n) is 1.29. The highest BCUT2D eigenvalue weighted by Gasteiger charge is 2.26. The minimum Gasteiger partial charge on any atom is -0.480 e. The van der Waals surface area contributed by atoms with Gasteiger partial charge in [-0.1, -0.05) is 0 Å². The quantitative estimate of drug-likeness (QED) is 0.733. The summed E-state index contributed by atoms with van der Waals surface area (Å²) >= 11 is 4.64. The maximum absolute atomic E-state index is 11.5. The predicted molar refractivity (Wildman–Crippen MR) is 47.3 cm³/mol. The van der Waals surface area contributed by atoms with Crippen LogP contribution in [0.3, 0.4) is 0 Å². The van der Waals surface area contributed by atoms with E-state index in [9.17, 15) is 18.0 Å². The molecular weight excluding hydrogens is 223 g/mol. The Bertz CT molecular complexity index is 164. The highest BCUT2D eigenvalue weighted by molar-refractivity contribution is 6.15. The van der Waals surface area contributed by atoms with Crippen molar-refractivity contribution in [2.45, 2.75) is 31.5 Å². The third kappa shape index (κ3) is 11.5. The van der Waals surface area contributed by atoms with Crippen LogP contribution in [0.2, 0.25) is 0 Å². The summed E-state index contributed by atoms with van der Waals surface area (Å²) in [5.41, 5.74) is 4.98. The van der Waals surface area contributed by atoms with Gasteiger partial charge in [0.15, 0.2) is 0 Å². The summed E-state index contributed by atoms with van der Waals surface area (Å²) in [6.07, 6.45) is -4.11. The Morgan fingerprint density at radius 1 is 1.50 bits per heavy atom. The normalized spacial score (nSPS) is 12.7. The Morgan fingerprint density at radius 3 is 2.21 bits per heavy atom. The second-order valence-electron chi connectivity index (χ2n) is 2.45. The fourth-order valence-electron chi connectivity index (χ4n) is 0.646. The standard InChI is InChI=1S/C6H10F3NO2.CH3Cl/c7-6(8,9)3-1-2-4(10)5(11)12;1-2/h4H,1-3,10H2,(H,11,12);1H3/t4-;/m0./s1. The zero-order valence-corrected chi connectivity index (χ0v) is 8.40. The molecule has 0 rings (SSSR count). The number of carbonyl (C=O) groups is 1. The average Bonchev–Trinajstić information content (AvgIpc) is 2.05. The first kappa shape index (κ1) is 16.0. The molecule has 0 amide bonds. The Kier molecular flexibility index (Phi) is 8.97. The SMILES string of the molecule is CCl.N[C@@H](CCCC(F)(F)F)C(=O)O. The largest absolute Gasteiger partial charge is 0.480 e. The van der Waals surface area contributed by atoms with E-state index in [1.165, 1.54) is 6.38 Å². The van der Waals surface area contributed by atoms with Gasteiger partial charge in [0.1, 0.15) is 6.04 Å². The molecule has 3 N–H and O–H groups in total. The lowest BCUT2D eigenvalue weighted by atomic mass is 10.1. The summed E-state index contributed by atoms with van der Waals surface area (Å²) in [5.74, 6) is -1.27. The summed E-state index contributed by atoms with van der Waals surface area (Å²) in [6.45, 7) is 0. The van der Waals surface area contributed by atoms with E-state index in [-0.39, 0.29) is 12.8 Å². The first-order valence-electron chi connectivity index (χ1n) is 3.76. The molecule has 0 aromatic heterocycles. The van der Waals surface area contributed by atoms with E-state index in [2.05, 4.69) is 11.6 Å². The first-order valence-corrected chi connectivity index (χ1v) is 4.51. The van der Waals surface area contributed by atoms with Crippen LogP contribution in [-0.4, -0.2) is 29.7 Å². The van der Waals surface area contributed by atoms with Crippen LogP contribution < -0.4 is 5.73 Å². The Labute approximate surface area is 85.0 Å². The van der Waals surface area contributed by atoms with Crippen molar-refractivity contribution in [2.24, 2.45) is 5.73 Å². The first-order chi connectivity index (χ1) is 6.33. The number of halogens is 4. The van der Waals surface area contributed by atoms with Crippen molar-refractivity contribution in [3.05, 3.63) is 0 Å². The molecule has 7 heteroatoms. The zero-order chi connectivity index (χ0) is 11.8. The number of rotatable bonds is 4. The molecular formula is C7H13ClF3NO2. The van der Waals surface area contributed by atoms with Gasteiger partial charge in [-0.15, -0.1) is 11.6 Å².